The summed E-state index contributed by atoms with van der Waals surface area (Å²) in [7, 11) is 2.10. The van der Waals surface area contributed by atoms with Gasteiger partial charge in [-0.2, -0.15) is 0 Å². The van der Waals surface area contributed by atoms with E-state index >= 15 is 0 Å². The standard InChI is InChI=1S/C14H29NO/c1-4-12-6-8-13(9-7-12)14(15-3)10-11-16-5-2/h12-15H,4-11H2,1-3H3. The van der Waals surface area contributed by atoms with Crippen LogP contribution < -0.4 is 5.32 Å². The fourth-order valence-corrected chi connectivity index (χ4v) is 2.97. The molecule has 0 heterocycles. The van der Waals surface area contributed by atoms with Gasteiger partial charge in [-0.05, 0) is 45.1 Å². The van der Waals surface area contributed by atoms with E-state index in [1.807, 2.05) is 0 Å². The first-order chi connectivity index (χ1) is 7.81. The Kier molecular flexibility index (Phi) is 7.06. The lowest BCUT2D eigenvalue weighted by atomic mass is 9.77. The predicted octanol–water partition coefficient (Wildman–Crippen LogP) is 3.22. The Morgan fingerprint density at radius 1 is 1.19 bits per heavy atom. The lowest BCUT2D eigenvalue weighted by Crippen LogP contribution is -2.36. The van der Waals surface area contributed by atoms with Gasteiger partial charge in [0, 0.05) is 19.3 Å². The van der Waals surface area contributed by atoms with Gasteiger partial charge in [0.15, 0.2) is 0 Å². The highest BCUT2D eigenvalue weighted by Gasteiger charge is 2.25. The second-order valence-electron chi connectivity index (χ2n) is 5.07. The molecule has 0 saturated heterocycles. The zero-order valence-corrected chi connectivity index (χ0v) is 11.3. The van der Waals surface area contributed by atoms with Gasteiger partial charge < -0.3 is 10.1 Å². The molecule has 0 aromatic rings. The molecule has 96 valence electrons. The summed E-state index contributed by atoms with van der Waals surface area (Å²) in [5.74, 6) is 1.88. The summed E-state index contributed by atoms with van der Waals surface area (Å²) < 4.78 is 5.46. The van der Waals surface area contributed by atoms with E-state index in [1.165, 1.54) is 38.5 Å². The van der Waals surface area contributed by atoms with E-state index in [9.17, 15) is 0 Å². The van der Waals surface area contributed by atoms with Crippen molar-refractivity contribution in [3.63, 3.8) is 0 Å². The Labute approximate surface area is 101 Å². The molecule has 2 heteroatoms. The number of rotatable bonds is 7. The minimum absolute atomic E-state index is 0.671. The van der Waals surface area contributed by atoms with Gasteiger partial charge in [0.25, 0.3) is 0 Å². The second kappa shape index (κ2) is 8.08. The van der Waals surface area contributed by atoms with Crippen molar-refractivity contribution in [1.82, 2.24) is 5.32 Å². The smallest absolute Gasteiger partial charge is 0.0480 e. The van der Waals surface area contributed by atoms with Crippen molar-refractivity contribution >= 4 is 0 Å². The van der Waals surface area contributed by atoms with Crippen LogP contribution in [0.4, 0.5) is 0 Å². The molecule has 0 spiro atoms. The van der Waals surface area contributed by atoms with E-state index in [-0.39, 0.29) is 0 Å². The Morgan fingerprint density at radius 3 is 2.38 bits per heavy atom. The van der Waals surface area contributed by atoms with Crippen LogP contribution in [-0.2, 0) is 4.74 Å². The third-order valence-electron chi connectivity index (χ3n) is 4.19. The average molecular weight is 227 g/mol. The number of hydrogen-bond acceptors (Lipinski definition) is 2. The van der Waals surface area contributed by atoms with Gasteiger partial charge in [0.05, 0.1) is 0 Å². The van der Waals surface area contributed by atoms with Crippen molar-refractivity contribution in [3.8, 4) is 0 Å². The third-order valence-corrected chi connectivity index (χ3v) is 4.19. The maximum atomic E-state index is 5.46. The van der Waals surface area contributed by atoms with Crippen molar-refractivity contribution < 1.29 is 4.74 Å². The molecule has 1 fully saturated rings. The van der Waals surface area contributed by atoms with Gasteiger partial charge in [-0.1, -0.05) is 26.2 Å². The minimum Gasteiger partial charge on any atom is -0.382 e. The van der Waals surface area contributed by atoms with Crippen LogP contribution in [0.15, 0.2) is 0 Å². The van der Waals surface area contributed by atoms with E-state index in [0.29, 0.717) is 6.04 Å². The molecule has 0 aromatic carbocycles. The van der Waals surface area contributed by atoms with Crippen LogP contribution in [0, 0.1) is 11.8 Å². The molecule has 2 nitrogen and oxygen atoms in total. The molecule has 1 aliphatic rings. The van der Waals surface area contributed by atoms with Gasteiger partial charge in [0.1, 0.15) is 0 Å². The van der Waals surface area contributed by atoms with Crippen LogP contribution in [0.2, 0.25) is 0 Å². The molecule has 1 aliphatic carbocycles. The molecular weight excluding hydrogens is 198 g/mol. The molecule has 0 bridgehead atoms. The van der Waals surface area contributed by atoms with Crippen LogP contribution in [0.3, 0.4) is 0 Å². The number of ether oxygens (including phenoxy) is 1. The highest BCUT2D eigenvalue weighted by molar-refractivity contribution is 4.80. The fraction of sp³-hybridized carbons (Fsp3) is 1.00. The van der Waals surface area contributed by atoms with E-state index < -0.39 is 0 Å². The van der Waals surface area contributed by atoms with Crippen molar-refractivity contribution in [2.45, 2.75) is 58.4 Å². The lowest BCUT2D eigenvalue weighted by molar-refractivity contribution is 0.120. The summed E-state index contributed by atoms with van der Waals surface area (Å²) in [6.07, 6.45) is 8.25. The maximum Gasteiger partial charge on any atom is 0.0480 e. The molecule has 0 amide bonds. The summed E-state index contributed by atoms with van der Waals surface area (Å²) in [4.78, 5) is 0. The van der Waals surface area contributed by atoms with Gasteiger partial charge in [0.2, 0.25) is 0 Å². The molecule has 0 aromatic heterocycles. The van der Waals surface area contributed by atoms with Crippen LogP contribution in [-0.4, -0.2) is 26.3 Å². The highest BCUT2D eigenvalue weighted by Crippen LogP contribution is 2.33. The first kappa shape index (κ1) is 14.0. The molecular formula is C14H29NO. The molecule has 1 N–H and O–H groups in total. The van der Waals surface area contributed by atoms with Gasteiger partial charge in [-0.25, -0.2) is 0 Å². The van der Waals surface area contributed by atoms with E-state index in [2.05, 4.69) is 26.2 Å². The highest BCUT2D eigenvalue weighted by atomic mass is 16.5. The molecule has 1 atom stereocenters. The van der Waals surface area contributed by atoms with Crippen molar-refractivity contribution in [2.24, 2.45) is 11.8 Å². The first-order valence-corrected chi connectivity index (χ1v) is 7.06. The van der Waals surface area contributed by atoms with Crippen molar-refractivity contribution in [1.29, 1.82) is 0 Å². The van der Waals surface area contributed by atoms with Gasteiger partial charge in [-0.15, -0.1) is 0 Å². The molecule has 0 aliphatic heterocycles. The summed E-state index contributed by atoms with van der Waals surface area (Å²) in [5, 5.41) is 3.48. The summed E-state index contributed by atoms with van der Waals surface area (Å²) in [6.45, 7) is 6.16. The SMILES string of the molecule is CCOCCC(NC)C1CCC(CC)CC1. The topological polar surface area (TPSA) is 21.3 Å². The lowest BCUT2D eigenvalue weighted by Gasteiger charge is -2.33. The van der Waals surface area contributed by atoms with Crippen molar-refractivity contribution in [3.05, 3.63) is 0 Å². The van der Waals surface area contributed by atoms with Crippen molar-refractivity contribution in [2.75, 3.05) is 20.3 Å². The Hall–Kier alpha value is -0.0800. The van der Waals surface area contributed by atoms with Crippen LogP contribution in [0.1, 0.15) is 52.4 Å². The predicted molar refractivity (Wildman–Crippen MR) is 69.7 cm³/mol. The zero-order chi connectivity index (χ0) is 11.8. The van der Waals surface area contributed by atoms with Gasteiger partial charge >= 0.3 is 0 Å². The Bertz CT molecular complexity index is 161. The zero-order valence-electron chi connectivity index (χ0n) is 11.3. The van der Waals surface area contributed by atoms with E-state index in [4.69, 9.17) is 4.74 Å². The Balaban J connectivity index is 2.25. The summed E-state index contributed by atoms with van der Waals surface area (Å²) in [6, 6.07) is 0.671. The molecule has 16 heavy (non-hydrogen) atoms. The third kappa shape index (κ3) is 4.42. The number of hydrogen-bond donors (Lipinski definition) is 1. The Morgan fingerprint density at radius 2 is 1.88 bits per heavy atom. The quantitative estimate of drug-likeness (QED) is 0.674. The average Bonchev–Trinajstić information content (AvgIpc) is 2.35. The maximum absolute atomic E-state index is 5.46. The second-order valence-corrected chi connectivity index (χ2v) is 5.07. The molecule has 1 rings (SSSR count). The van der Waals surface area contributed by atoms with Crippen LogP contribution in [0.25, 0.3) is 0 Å². The fourth-order valence-electron chi connectivity index (χ4n) is 2.97. The monoisotopic (exact) mass is 227 g/mol. The largest absolute Gasteiger partial charge is 0.382 e. The van der Waals surface area contributed by atoms with Crippen LogP contribution >= 0.6 is 0 Å². The summed E-state index contributed by atoms with van der Waals surface area (Å²) in [5.41, 5.74) is 0. The van der Waals surface area contributed by atoms with Crippen LogP contribution in [0.5, 0.6) is 0 Å². The normalized spacial score (nSPS) is 27.9. The molecule has 1 unspecified atom stereocenters. The first-order valence-electron chi connectivity index (χ1n) is 7.06. The summed E-state index contributed by atoms with van der Waals surface area (Å²) >= 11 is 0. The van der Waals surface area contributed by atoms with E-state index in [0.717, 1.165) is 25.0 Å². The molecule has 0 radical (unpaired) electrons. The van der Waals surface area contributed by atoms with E-state index in [1.54, 1.807) is 0 Å². The molecule has 1 saturated carbocycles. The van der Waals surface area contributed by atoms with Gasteiger partial charge in [-0.3, -0.25) is 0 Å². The minimum atomic E-state index is 0.671. The number of nitrogens with one attached hydrogen (secondary N) is 1.